The number of hydrogen-bond acceptors (Lipinski definition) is 4. The van der Waals surface area contributed by atoms with E-state index in [-0.39, 0.29) is 23.5 Å². The van der Waals surface area contributed by atoms with Crippen LogP contribution in [0.2, 0.25) is 0 Å². The fourth-order valence-electron chi connectivity index (χ4n) is 3.94. The van der Waals surface area contributed by atoms with Crippen molar-refractivity contribution in [1.82, 2.24) is 9.29 Å². The van der Waals surface area contributed by atoms with Crippen molar-refractivity contribution in [1.29, 1.82) is 0 Å². The first-order valence-electron chi connectivity index (χ1n) is 10.7. The highest BCUT2D eigenvalue weighted by atomic mass is 32.2. The molecule has 4 rings (SSSR count). The quantitative estimate of drug-likeness (QED) is 0.416. The zero-order valence-electron chi connectivity index (χ0n) is 19.1. The van der Waals surface area contributed by atoms with Crippen LogP contribution in [0, 0.1) is 19.7 Å². The van der Waals surface area contributed by atoms with Gasteiger partial charge in [0, 0.05) is 29.6 Å². The van der Waals surface area contributed by atoms with Gasteiger partial charge in [-0.05, 0) is 79.1 Å². The van der Waals surface area contributed by atoms with Crippen LogP contribution in [-0.2, 0) is 23.1 Å². The van der Waals surface area contributed by atoms with Crippen LogP contribution >= 0.6 is 0 Å². The molecule has 0 atom stereocenters. The molecule has 1 N–H and O–H groups in total. The van der Waals surface area contributed by atoms with Gasteiger partial charge in [0.15, 0.2) is 0 Å². The first-order chi connectivity index (χ1) is 16.2. The van der Waals surface area contributed by atoms with E-state index >= 15 is 0 Å². The third kappa shape index (κ3) is 4.88. The largest absolute Gasteiger partial charge is 0.497 e. The summed E-state index contributed by atoms with van der Waals surface area (Å²) in [6, 6.07) is 17.3. The summed E-state index contributed by atoms with van der Waals surface area (Å²) in [6.45, 7) is 3.72. The van der Waals surface area contributed by atoms with Gasteiger partial charge < -0.3 is 9.72 Å². The highest BCUT2D eigenvalue weighted by molar-refractivity contribution is 7.89. The van der Waals surface area contributed by atoms with E-state index in [9.17, 15) is 17.6 Å². The molecule has 0 aliphatic heterocycles. The van der Waals surface area contributed by atoms with Gasteiger partial charge in [0.2, 0.25) is 10.0 Å². The number of nitrogens with one attached hydrogen (secondary N) is 1. The van der Waals surface area contributed by atoms with Crippen molar-refractivity contribution in [3.05, 3.63) is 105 Å². The Labute approximate surface area is 197 Å². The number of H-pyrrole nitrogens is 1. The van der Waals surface area contributed by atoms with E-state index in [2.05, 4.69) is 4.98 Å². The smallest absolute Gasteiger partial charge is 0.252 e. The van der Waals surface area contributed by atoms with Gasteiger partial charge in [0.05, 0.1) is 12.0 Å². The average Bonchev–Trinajstić information content (AvgIpc) is 2.80. The van der Waals surface area contributed by atoms with Crippen molar-refractivity contribution >= 4 is 20.9 Å². The molecule has 34 heavy (non-hydrogen) atoms. The van der Waals surface area contributed by atoms with Crippen LogP contribution in [-0.4, -0.2) is 24.8 Å². The number of fused-ring (bicyclic) bond motifs is 1. The maximum absolute atomic E-state index is 13.6. The maximum atomic E-state index is 13.6. The minimum absolute atomic E-state index is 0.0288. The number of ether oxygens (including phenoxy) is 1. The van der Waals surface area contributed by atoms with E-state index in [4.69, 9.17) is 4.74 Å². The van der Waals surface area contributed by atoms with Gasteiger partial charge in [0.25, 0.3) is 5.56 Å². The lowest BCUT2D eigenvalue weighted by Gasteiger charge is -2.23. The van der Waals surface area contributed by atoms with Gasteiger partial charge >= 0.3 is 0 Å². The molecule has 1 aromatic heterocycles. The molecular formula is C26H25FN2O4S. The van der Waals surface area contributed by atoms with Crippen LogP contribution in [0.15, 0.2) is 76.4 Å². The number of methoxy groups -OCH3 is 1. The van der Waals surface area contributed by atoms with E-state index in [0.717, 1.165) is 16.5 Å². The summed E-state index contributed by atoms with van der Waals surface area (Å²) in [4.78, 5) is 15.8. The number of aryl methyl sites for hydroxylation is 2. The maximum Gasteiger partial charge on any atom is 0.252 e. The molecule has 0 unspecified atom stereocenters. The lowest BCUT2D eigenvalue weighted by molar-refractivity contribution is 0.399. The Morgan fingerprint density at radius 1 is 0.941 bits per heavy atom. The molecule has 3 aromatic carbocycles. The van der Waals surface area contributed by atoms with Crippen molar-refractivity contribution < 1.29 is 17.5 Å². The van der Waals surface area contributed by atoms with Crippen molar-refractivity contribution in [2.24, 2.45) is 0 Å². The standard InChI is InChI=1S/C26H25FN2O4S/c1-17-12-18(2)24-14-20(26(30)28-25(24)13-17)16-29(15-19-4-6-21(27)7-5-19)34(31,32)23-10-8-22(33-3)9-11-23/h4-14H,15-16H2,1-3H3,(H,28,30). The van der Waals surface area contributed by atoms with E-state index < -0.39 is 15.8 Å². The molecule has 6 nitrogen and oxygen atoms in total. The molecule has 0 saturated heterocycles. The fourth-order valence-corrected chi connectivity index (χ4v) is 5.35. The van der Waals surface area contributed by atoms with E-state index in [1.807, 2.05) is 26.0 Å². The molecule has 8 heteroatoms. The summed E-state index contributed by atoms with van der Waals surface area (Å²) in [6.07, 6.45) is 0. The van der Waals surface area contributed by atoms with Gasteiger partial charge in [-0.3, -0.25) is 4.79 Å². The molecule has 0 amide bonds. The number of sulfonamides is 1. The lowest BCUT2D eigenvalue weighted by atomic mass is 10.0. The number of aromatic nitrogens is 1. The fraction of sp³-hybridized carbons (Fsp3) is 0.192. The molecule has 0 bridgehead atoms. The molecule has 0 spiro atoms. The summed E-state index contributed by atoms with van der Waals surface area (Å²) < 4.78 is 47.0. The molecule has 0 fully saturated rings. The number of hydrogen-bond donors (Lipinski definition) is 1. The molecule has 0 saturated carbocycles. The van der Waals surface area contributed by atoms with Gasteiger partial charge in [0.1, 0.15) is 11.6 Å². The Balaban J connectivity index is 1.78. The van der Waals surface area contributed by atoms with Gasteiger partial charge in [-0.25, -0.2) is 12.8 Å². The van der Waals surface area contributed by atoms with E-state index in [1.165, 1.54) is 47.8 Å². The second kappa shape index (κ2) is 9.40. The van der Waals surface area contributed by atoms with Gasteiger partial charge in [-0.1, -0.05) is 18.2 Å². The first-order valence-corrected chi connectivity index (χ1v) is 12.1. The number of aromatic amines is 1. The number of pyridine rings is 1. The molecule has 0 aliphatic rings. The Bertz CT molecular complexity index is 1500. The number of halogens is 1. The van der Waals surface area contributed by atoms with E-state index in [1.54, 1.807) is 18.2 Å². The molecule has 4 aromatic rings. The normalized spacial score (nSPS) is 11.8. The highest BCUT2D eigenvalue weighted by Gasteiger charge is 2.26. The lowest BCUT2D eigenvalue weighted by Crippen LogP contribution is -2.32. The number of nitrogens with zero attached hydrogens (tertiary/aromatic N) is 1. The predicted molar refractivity (Wildman–Crippen MR) is 130 cm³/mol. The summed E-state index contributed by atoms with van der Waals surface area (Å²) in [5.41, 5.74) is 3.27. The third-order valence-corrected chi connectivity index (χ3v) is 7.51. The Hall–Kier alpha value is -3.49. The van der Waals surface area contributed by atoms with Crippen LogP contribution in [0.3, 0.4) is 0 Å². The predicted octanol–water partition coefficient (Wildman–Crippen LogP) is 4.68. The molecular weight excluding hydrogens is 455 g/mol. The topological polar surface area (TPSA) is 79.5 Å². The summed E-state index contributed by atoms with van der Waals surface area (Å²) in [5, 5.41) is 0.851. The Morgan fingerprint density at radius 3 is 2.26 bits per heavy atom. The van der Waals surface area contributed by atoms with Crippen LogP contribution in [0.25, 0.3) is 10.9 Å². The molecule has 176 valence electrons. The van der Waals surface area contributed by atoms with Gasteiger partial charge in [-0.15, -0.1) is 0 Å². The van der Waals surface area contributed by atoms with Crippen molar-refractivity contribution in [3.8, 4) is 5.75 Å². The number of benzene rings is 3. The van der Waals surface area contributed by atoms with Crippen LogP contribution in [0.5, 0.6) is 5.75 Å². The summed E-state index contributed by atoms with van der Waals surface area (Å²) >= 11 is 0. The zero-order chi connectivity index (χ0) is 24.5. The van der Waals surface area contributed by atoms with Crippen molar-refractivity contribution in [3.63, 3.8) is 0 Å². The Morgan fingerprint density at radius 2 is 1.62 bits per heavy atom. The minimum Gasteiger partial charge on any atom is -0.497 e. The van der Waals surface area contributed by atoms with E-state index in [0.29, 0.717) is 22.4 Å². The zero-order valence-corrected chi connectivity index (χ0v) is 19.9. The van der Waals surface area contributed by atoms with Gasteiger partial charge in [-0.2, -0.15) is 4.31 Å². The van der Waals surface area contributed by atoms with Crippen LogP contribution < -0.4 is 10.3 Å². The third-order valence-electron chi connectivity index (χ3n) is 5.71. The molecule has 1 heterocycles. The first kappa shape index (κ1) is 23.7. The minimum atomic E-state index is -3.99. The van der Waals surface area contributed by atoms with Crippen LogP contribution in [0.4, 0.5) is 4.39 Å². The monoisotopic (exact) mass is 480 g/mol. The van der Waals surface area contributed by atoms with Crippen LogP contribution in [0.1, 0.15) is 22.3 Å². The molecule has 0 aliphatic carbocycles. The second-order valence-corrected chi connectivity index (χ2v) is 10.2. The highest BCUT2D eigenvalue weighted by Crippen LogP contribution is 2.24. The Kier molecular flexibility index (Phi) is 6.54. The molecule has 0 radical (unpaired) electrons. The average molecular weight is 481 g/mol. The second-order valence-electron chi connectivity index (χ2n) is 8.24. The summed E-state index contributed by atoms with van der Waals surface area (Å²) in [5.74, 6) is 0.117. The van der Waals surface area contributed by atoms with Crippen molar-refractivity contribution in [2.75, 3.05) is 7.11 Å². The number of rotatable bonds is 7. The summed E-state index contributed by atoms with van der Waals surface area (Å²) in [7, 11) is -2.49. The van der Waals surface area contributed by atoms with Crippen molar-refractivity contribution in [2.45, 2.75) is 31.8 Å². The SMILES string of the molecule is COc1ccc(S(=O)(=O)N(Cc2ccc(F)cc2)Cc2cc3c(C)cc(C)cc3[nH]c2=O)cc1.